The third-order valence-corrected chi connectivity index (χ3v) is 8.66. The van der Waals surface area contributed by atoms with Crippen molar-refractivity contribution in [2.75, 3.05) is 6.54 Å². The van der Waals surface area contributed by atoms with Crippen molar-refractivity contribution >= 4 is 31.9 Å². The summed E-state index contributed by atoms with van der Waals surface area (Å²) in [6.07, 6.45) is 3.25. The van der Waals surface area contributed by atoms with Crippen LogP contribution in [0, 0.1) is 12.8 Å². The van der Waals surface area contributed by atoms with Crippen LogP contribution in [0.2, 0.25) is 0 Å². The van der Waals surface area contributed by atoms with Crippen LogP contribution in [0.15, 0.2) is 107 Å². The number of aliphatic carboxylic acids is 1. The minimum absolute atomic E-state index is 0.0753. The monoisotopic (exact) mass is 608 g/mol. The first-order chi connectivity index (χ1) is 18.7. The maximum atomic E-state index is 13.9. The highest BCUT2D eigenvalue weighted by atomic mass is 79.9. The molecule has 4 rings (SSSR count). The van der Waals surface area contributed by atoms with E-state index >= 15 is 0 Å². The van der Waals surface area contributed by atoms with Gasteiger partial charge in [0.2, 0.25) is 10.0 Å². The van der Waals surface area contributed by atoms with Gasteiger partial charge in [-0.15, -0.1) is 0 Å². The van der Waals surface area contributed by atoms with Gasteiger partial charge in [-0.3, -0.25) is 14.8 Å². The summed E-state index contributed by atoms with van der Waals surface area (Å²) in [4.78, 5) is 21.5. The van der Waals surface area contributed by atoms with Crippen LogP contribution >= 0.6 is 15.9 Å². The highest BCUT2D eigenvalue weighted by Crippen LogP contribution is 2.29. The van der Waals surface area contributed by atoms with Crippen LogP contribution in [0.3, 0.4) is 0 Å². The number of carboxylic acids is 1. The van der Waals surface area contributed by atoms with Gasteiger partial charge in [0.05, 0.1) is 28.7 Å². The Morgan fingerprint density at radius 3 is 2.10 bits per heavy atom. The number of nitrogens with one attached hydrogen (secondary N) is 1. The van der Waals surface area contributed by atoms with Crippen molar-refractivity contribution in [2.45, 2.75) is 31.0 Å². The number of nitrogens with zero attached hydrogens (tertiary/aromatic N) is 3. The summed E-state index contributed by atoms with van der Waals surface area (Å²) >= 11 is 3.43. The van der Waals surface area contributed by atoms with Crippen LogP contribution in [0.1, 0.15) is 28.6 Å². The fraction of sp³-hybridized carbons (Fsp3) is 0.207. The third kappa shape index (κ3) is 7.57. The Kier molecular flexibility index (Phi) is 9.58. The molecule has 8 nitrogen and oxygen atoms in total. The molecule has 0 saturated heterocycles. The number of pyridine rings is 2. The molecule has 0 aliphatic heterocycles. The first-order valence-corrected chi connectivity index (χ1v) is 14.6. The molecular weight excluding hydrogens is 580 g/mol. The molecule has 4 aromatic rings. The molecule has 2 atom stereocenters. The zero-order valence-electron chi connectivity index (χ0n) is 21.3. The van der Waals surface area contributed by atoms with Crippen LogP contribution in [0.5, 0.6) is 0 Å². The minimum atomic E-state index is -4.05. The van der Waals surface area contributed by atoms with Gasteiger partial charge in [-0.2, -0.15) is 4.31 Å². The second-order valence-corrected chi connectivity index (χ2v) is 12.0. The second-order valence-electron chi connectivity index (χ2n) is 9.11. The largest absolute Gasteiger partial charge is 0.481 e. The summed E-state index contributed by atoms with van der Waals surface area (Å²) < 4.78 is 29.8. The van der Waals surface area contributed by atoms with E-state index < -0.39 is 28.0 Å². The van der Waals surface area contributed by atoms with Crippen molar-refractivity contribution < 1.29 is 18.3 Å². The topological polar surface area (TPSA) is 112 Å². The third-order valence-electron chi connectivity index (χ3n) is 6.30. The molecule has 0 radical (unpaired) electrons. The van der Waals surface area contributed by atoms with E-state index in [1.807, 2.05) is 43.3 Å². The number of carboxylic acid groups (broad SMARTS) is 1. The lowest BCUT2D eigenvalue weighted by Gasteiger charge is -2.31. The number of benzene rings is 2. The minimum Gasteiger partial charge on any atom is -0.481 e. The first-order valence-electron chi connectivity index (χ1n) is 12.3. The Hall–Kier alpha value is -3.44. The number of hydrogen-bond acceptors (Lipinski definition) is 6. The van der Waals surface area contributed by atoms with Crippen LogP contribution in [-0.4, -0.2) is 40.3 Å². The summed E-state index contributed by atoms with van der Waals surface area (Å²) in [6.45, 7) is 1.82. The summed E-state index contributed by atoms with van der Waals surface area (Å²) in [7, 11) is -4.05. The van der Waals surface area contributed by atoms with Crippen molar-refractivity contribution in [3.05, 3.63) is 124 Å². The summed E-state index contributed by atoms with van der Waals surface area (Å²) in [5.74, 6) is -2.25. The summed E-state index contributed by atoms with van der Waals surface area (Å²) in [5, 5.41) is 13.8. The Labute approximate surface area is 236 Å². The molecule has 202 valence electrons. The number of halogens is 1. The number of rotatable bonds is 12. The highest BCUT2D eigenvalue weighted by Gasteiger charge is 2.36. The predicted molar refractivity (Wildman–Crippen MR) is 152 cm³/mol. The van der Waals surface area contributed by atoms with Gasteiger partial charge in [0.15, 0.2) is 0 Å². The normalized spacial score (nSPS) is 13.2. The van der Waals surface area contributed by atoms with Gasteiger partial charge < -0.3 is 10.4 Å². The Balaban J connectivity index is 1.72. The Morgan fingerprint density at radius 2 is 1.54 bits per heavy atom. The number of aryl methyl sites for hydroxylation is 1. The SMILES string of the molecule is Cc1ccc(S(=O)(=O)N(Cc2ccccn2)CC(C(=O)O)C(NCc2ccccn2)c2ccc(Br)cc2)cc1. The van der Waals surface area contributed by atoms with E-state index in [4.69, 9.17) is 0 Å². The van der Waals surface area contributed by atoms with Gasteiger partial charge in [0, 0.05) is 36.0 Å². The zero-order chi connectivity index (χ0) is 27.8. The van der Waals surface area contributed by atoms with Crippen molar-refractivity contribution in [3.8, 4) is 0 Å². The zero-order valence-corrected chi connectivity index (χ0v) is 23.7. The van der Waals surface area contributed by atoms with Gasteiger partial charge in [0.1, 0.15) is 0 Å². The van der Waals surface area contributed by atoms with Crippen molar-refractivity contribution in [2.24, 2.45) is 5.92 Å². The molecule has 2 aromatic carbocycles. The molecule has 2 N–H and O–H groups in total. The molecule has 2 unspecified atom stereocenters. The Morgan fingerprint density at radius 1 is 0.923 bits per heavy atom. The number of aromatic nitrogens is 2. The lowest BCUT2D eigenvalue weighted by atomic mass is 9.92. The maximum absolute atomic E-state index is 13.9. The van der Waals surface area contributed by atoms with E-state index in [2.05, 4.69) is 31.2 Å². The number of carbonyl (C=O) groups is 1. The molecule has 0 aliphatic carbocycles. The average molecular weight is 610 g/mol. The van der Waals surface area contributed by atoms with Crippen LogP contribution in [0.25, 0.3) is 0 Å². The predicted octanol–water partition coefficient (Wildman–Crippen LogP) is 4.97. The molecule has 0 saturated carbocycles. The van der Waals surface area contributed by atoms with Crippen LogP contribution < -0.4 is 5.32 Å². The molecule has 0 aliphatic rings. The Bertz CT molecular complexity index is 1470. The van der Waals surface area contributed by atoms with Crippen LogP contribution in [0.4, 0.5) is 0 Å². The molecule has 0 spiro atoms. The lowest BCUT2D eigenvalue weighted by Crippen LogP contribution is -2.43. The van der Waals surface area contributed by atoms with E-state index in [1.165, 1.54) is 16.4 Å². The molecule has 2 heterocycles. The number of hydrogen-bond donors (Lipinski definition) is 2. The van der Waals surface area contributed by atoms with E-state index in [1.54, 1.807) is 48.8 Å². The van der Waals surface area contributed by atoms with Crippen molar-refractivity contribution in [3.63, 3.8) is 0 Å². The molecule has 0 fully saturated rings. The molecular formula is C29H29BrN4O4S. The van der Waals surface area contributed by atoms with Gasteiger partial charge in [0.25, 0.3) is 0 Å². The van der Waals surface area contributed by atoms with Crippen molar-refractivity contribution in [1.29, 1.82) is 0 Å². The van der Waals surface area contributed by atoms with E-state index in [9.17, 15) is 18.3 Å². The van der Waals surface area contributed by atoms with Crippen molar-refractivity contribution in [1.82, 2.24) is 19.6 Å². The first kappa shape index (κ1) is 28.6. The smallest absolute Gasteiger partial charge is 0.309 e. The van der Waals surface area contributed by atoms with Gasteiger partial charge in [-0.05, 0) is 61.0 Å². The summed E-state index contributed by atoms with van der Waals surface area (Å²) in [5.41, 5.74) is 2.88. The lowest BCUT2D eigenvalue weighted by molar-refractivity contribution is -0.143. The molecule has 10 heteroatoms. The fourth-order valence-electron chi connectivity index (χ4n) is 4.20. The van der Waals surface area contributed by atoms with Crippen LogP contribution in [-0.2, 0) is 27.9 Å². The van der Waals surface area contributed by atoms with Gasteiger partial charge in [-0.1, -0.05) is 57.9 Å². The maximum Gasteiger partial charge on any atom is 0.309 e. The quantitative estimate of drug-likeness (QED) is 0.233. The molecule has 0 bridgehead atoms. The fourth-order valence-corrected chi connectivity index (χ4v) is 5.91. The van der Waals surface area contributed by atoms with E-state index in [0.717, 1.165) is 15.7 Å². The summed E-state index contributed by atoms with van der Waals surface area (Å²) in [6, 6.07) is 23.9. The standard InChI is InChI=1S/C29H29BrN4O4S/c1-21-8-14-26(15-9-21)39(37,38)34(19-25-7-3-5-17-32-25)20-27(29(35)36)28(22-10-12-23(30)13-11-22)33-18-24-6-2-4-16-31-24/h2-17,27-28,33H,18-20H2,1H3,(H,35,36). The van der Waals surface area contributed by atoms with E-state index in [-0.39, 0.29) is 18.0 Å². The average Bonchev–Trinajstić information content (AvgIpc) is 2.94. The van der Waals surface area contributed by atoms with Gasteiger partial charge in [-0.25, -0.2) is 8.42 Å². The number of sulfonamides is 1. The second kappa shape index (κ2) is 13.1. The molecule has 2 aromatic heterocycles. The van der Waals surface area contributed by atoms with E-state index in [0.29, 0.717) is 17.8 Å². The highest BCUT2D eigenvalue weighted by molar-refractivity contribution is 9.10. The molecule has 0 amide bonds. The molecule has 39 heavy (non-hydrogen) atoms. The van der Waals surface area contributed by atoms with Gasteiger partial charge >= 0.3 is 5.97 Å².